The van der Waals surface area contributed by atoms with Gasteiger partial charge in [0.1, 0.15) is 0 Å². The van der Waals surface area contributed by atoms with Gasteiger partial charge in [0.2, 0.25) is 20.0 Å². The summed E-state index contributed by atoms with van der Waals surface area (Å²) in [5, 5.41) is 2.99. The SMILES string of the molecule is CC1CN(S(=O)(=O)c2cccc(C(=O)CNc3ccc(S(=O)(=O)N(C)Cc4ccccc4)cc3)c2)CC(C)O1. The summed E-state index contributed by atoms with van der Waals surface area (Å²) in [6, 6.07) is 21.5. The number of benzene rings is 3. The number of Topliss-reactive ketones (excluding diaryl/α,β-unsaturated/α-hetero) is 1. The van der Waals surface area contributed by atoms with Crippen LogP contribution in [0.5, 0.6) is 0 Å². The van der Waals surface area contributed by atoms with Crippen molar-refractivity contribution in [2.45, 2.75) is 42.4 Å². The highest BCUT2D eigenvalue weighted by molar-refractivity contribution is 7.89. The van der Waals surface area contributed by atoms with Gasteiger partial charge >= 0.3 is 0 Å². The van der Waals surface area contributed by atoms with Crippen LogP contribution in [0, 0.1) is 0 Å². The molecule has 3 aromatic carbocycles. The summed E-state index contributed by atoms with van der Waals surface area (Å²) in [5.74, 6) is -0.296. The predicted molar refractivity (Wildman–Crippen MR) is 150 cm³/mol. The topological polar surface area (TPSA) is 113 Å². The van der Waals surface area contributed by atoms with E-state index in [9.17, 15) is 21.6 Å². The fourth-order valence-electron chi connectivity index (χ4n) is 4.44. The molecule has 2 unspecified atom stereocenters. The molecule has 4 rings (SSSR count). The fourth-order valence-corrected chi connectivity index (χ4v) is 7.24. The van der Waals surface area contributed by atoms with Crippen molar-refractivity contribution in [1.29, 1.82) is 0 Å². The van der Waals surface area contributed by atoms with Crippen LogP contribution >= 0.6 is 0 Å². The van der Waals surface area contributed by atoms with Crippen LogP contribution in [0.3, 0.4) is 0 Å². The number of anilines is 1. The molecule has 1 heterocycles. The van der Waals surface area contributed by atoms with E-state index in [1.54, 1.807) is 24.3 Å². The van der Waals surface area contributed by atoms with Gasteiger partial charge in [-0.15, -0.1) is 0 Å². The third-order valence-electron chi connectivity index (χ3n) is 6.44. The van der Waals surface area contributed by atoms with Gasteiger partial charge in [-0.05, 0) is 55.8 Å². The summed E-state index contributed by atoms with van der Waals surface area (Å²) in [5.41, 5.74) is 1.71. The van der Waals surface area contributed by atoms with Gasteiger partial charge in [-0.1, -0.05) is 42.5 Å². The first-order valence-corrected chi connectivity index (χ1v) is 15.5. The first kappa shape index (κ1) is 28.9. The maximum Gasteiger partial charge on any atom is 0.243 e. The molecule has 1 fully saturated rings. The molecule has 0 amide bonds. The molecule has 3 aromatic rings. The lowest BCUT2D eigenvalue weighted by Crippen LogP contribution is -2.48. The van der Waals surface area contributed by atoms with Crippen molar-refractivity contribution >= 4 is 31.5 Å². The van der Waals surface area contributed by atoms with Gasteiger partial charge in [-0.3, -0.25) is 4.79 Å². The van der Waals surface area contributed by atoms with E-state index in [1.165, 1.54) is 39.9 Å². The Hall–Kier alpha value is -3.09. The summed E-state index contributed by atoms with van der Waals surface area (Å²) in [4.78, 5) is 13.1. The molecule has 1 saturated heterocycles. The molecule has 1 N–H and O–H groups in total. The second-order valence-corrected chi connectivity index (χ2v) is 13.6. The molecule has 0 radical (unpaired) electrons. The Bertz CT molecular complexity index is 1500. The van der Waals surface area contributed by atoms with Crippen molar-refractivity contribution in [3.8, 4) is 0 Å². The molecule has 0 aromatic heterocycles. The normalized spacial score (nSPS) is 18.7. The third kappa shape index (κ3) is 6.92. The second-order valence-electron chi connectivity index (χ2n) is 9.65. The molecule has 11 heteroatoms. The third-order valence-corrected chi connectivity index (χ3v) is 10.1. The van der Waals surface area contributed by atoms with E-state index in [0.29, 0.717) is 5.69 Å². The van der Waals surface area contributed by atoms with Gasteiger partial charge in [-0.2, -0.15) is 8.61 Å². The number of carbonyl (C=O) groups is 1. The van der Waals surface area contributed by atoms with E-state index in [0.717, 1.165) is 5.56 Å². The number of hydrogen-bond acceptors (Lipinski definition) is 7. The van der Waals surface area contributed by atoms with E-state index in [2.05, 4.69) is 5.32 Å². The van der Waals surface area contributed by atoms with Crippen molar-refractivity contribution in [3.05, 3.63) is 90.0 Å². The van der Waals surface area contributed by atoms with Gasteiger partial charge in [0.25, 0.3) is 0 Å². The maximum atomic E-state index is 13.2. The van der Waals surface area contributed by atoms with Gasteiger partial charge in [0.05, 0.1) is 28.5 Å². The minimum atomic E-state index is -3.78. The van der Waals surface area contributed by atoms with Crippen LogP contribution in [0.15, 0.2) is 88.7 Å². The summed E-state index contributed by atoms with van der Waals surface area (Å²) in [6.07, 6.45) is -0.439. The van der Waals surface area contributed by atoms with Crippen LogP contribution in [0.2, 0.25) is 0 Å². The predicted octanol–water partition coefficient (Wildman–Crippen LogP) is 3.60. The monoisotopic (exact) mass is 571 g/mol. The van der Waals surface area contributed by atoms with Crippen molar-refractivity contribution in [3.63, 3.8) is 0 Å². The summed E-state index contributed by atoms with van der Waals surface area (Å²) >= 11 is 0. The molecule has 1 aliphatic heterocycles. The van der Waals surface area contributed by atoms with Crippen molar-refractivity contribution in [2.24, 2.45) is 0 Å². The summed E-state index contributed by atoms with van der Waals surface area (Å²) in [6.45, 7) is 4.31. The Morgan fingerprint density at radius 2 is 1.54 bits per heavy atom. The van der Waals surface area contributed by atoms with E-state index < -0.39 is 20.0 Å². The van der Waals surface area contributed by atoms with Gasteiger partial charge < -0.3 is 10.1 Å². The molecule has 208 valence electrons. The van der Waals surface area contributed by atoms with E-state index in [1.807, 2.05) is 44.2 Å². The van der Waals surface area contributed by atoms with Crippen LogP contribution in [0.1, 0.15) is 29.8 Å². The highest BCUT2D eigenvalue weighted by Gasteiger charge is 2.32. The zero-order chi connectivity index (χ0) is 28.2. The Morgan fingerprint density at radius 3 is 2.18 bits per heavy atom. The highest BCUT2D eigenvalue weighted by atomic mass is 32.2. The van der Waals surface area contributed by atoms with E-state index >= 15 is 0 Å². The highest BCUT2D eigenvalue weighted by Crippen LogP contribution is 2.23. The van der Waals surface area contributed by atoms with Crippen LogP contribution in [0.4, 0.5) is 5.69 Å². The lowest BCUT2D eigenvalue weighted by molar-refractivity contribution is -0.0440. The minimum Gasteiger partial charge on any atom is -0.378 e. The zero-order valence-corrected chi connectivity index (χ0v) is 23.8. The Labute approximate surface area is 230 Å². The number of carbonyl (C=O) groups excluding carboxylic acids is 1. The number of ketones is 1. The van der Waals surface area contributed by atoms with Gasteiger partial charge in [0.15, 0.2) is 5.78 Å². The number of sulfonamides is 2. The second kappa shape index (κ2) is 12.0. The van der Waals surface area contributed by atoms with E-state index in [-0.39, 0.29) is 59.5 Å². The van der Waals surface area contributed by atoms with E-state index in [4.69, 9.17) is 4.74 Å². The largest absolute Gasteiger partial charge is 0.378 e. The average molecular weight is 572 g/mol. The molecule has 9 nitrogen and oxygen atoms in total. The molecule has 2 atom stereocenters. The minimum absolute atomic E-state index is 0.0591. The smallest absolute Gasteiger partial charge is 0.243 e. The lowest BCUT2D eigenvalue weighted by Gasteiger charge is -2.34. The standard InChI is InChI=1S/C28H33N3O6S2/c1-21-18-31(19-22(2)37-21)39(35,36)27-11-7-10-24(16-27)28(32)17-29-25-12-14-26(15-13-25)38(33,34)30(3)20-23-8-5-4-6-9-23/h4-16,21-22,29H,17-20H2,1-3H3. The molecule has 0 bridgehead atoms. The summed E-state index contributed by atoms with van der Waals surface area (Å²) < 4.78 is 60.6. The van der Waals surface area contributed by atoms with Gasteiger partial charge in [0, 0.05) is 37.9 Å². The van der Waals surface area contributed by atoms with Crippen LogP contribution in [-0.2, 0) is 31.3 Å². The van der Waals surface area contributed by atoms with Crippen molar-refractivity contribution in [2.75, 3.05) is 32.0 Å². The van der Waals surface area contributed by atoms with Crippen molar-refractivity contribution in [1.82, 2.24) is 8.61 Å². The Kier molecular flexibility index (Phi) is 8.87. The Morgan fingerprint density at radius 1 is 0.897 bits per heavy atom. The molecule has 0 saturated carbocycles. The summed E-state index contributed by atoms with van der Waals surface area (Å²) in [7, 11) is -5.94. The molecule has 39 heavy (non-hydrogen) atoms. The Balaban J connectivity index is 1.39. The van der Waals surface area contributed by atoms with Crippen molar-refractivity contribution < 1.29 is 26.4 Å². The first-order valence-electron chi connectivity index (χ1n) is 12.6. The average Bonchev–Trinajstić information content (AvgIpc) is 2.92. The number of hydrogen-bond donors (Lipinski definition) is 1. The maximum absolute atomic E-state index is 13.2. The number of nitrogens with one attached hydrogen (secondary N) is 1. The lowest BCUT2D eigenvalue weighted by atomic mass is 10.1. The van der Waals surface area contributed by atoms with Gasteiger partial charge in [-0.25, -0.2) is 16.8 Å². The number of morpholine rings is 1. The number of nitrogens with zero attached hydrogens (tertiary/aromatic N) is 2. The molecule has 1 aliphatic rings. The molecular formula is C28H33N3O6S2. The molecule has 0 spiro atoms. The number of ether oxygens (including phenoxy) is 1. The number of rotatable bonds is 10. The quantitative estimate of drug-likeness (QED) is 0.370. The van der Waals surface area contributed by atoms with Crippen LogP contribution < -0.4 is 5.32 Å². The van der Waals surface area contributed by atoms with Crippen LogP contribution in [0.25, 0.3) is 0 Å². The zero-order valence-electron chi connectivity index (χ0n) is 22.1. The fraction of sp³-hybridized carbons (Fsp3) is 0.321. The first-order chi connectivity index (χ1) is 18.5. The molecule has 0 aliphatic carbocycles. The molecular weight excluding hydrogens is 538 g/mol. The van der Waals surface area contributed by atoms with Crippen LogP contribution in [-0.4, -0.2) is 70.1 Å².